The SMILES string of the molecule is CC(=O)NCC(=O)N1[C@@H]2CC[C@H]1CC([C@@H](N)Cc1cc(F)c(F)cc1F)C2.CC(=O)NCC(=O)N1[C@@H]2CC[C@H]1CC([C@H](Cc1cc(F)c(F)cc1F)C[S@@](=O)C(C)(C)C)C2. The summed E-state index contributed by atoms with van der Waals surface area (Å²) in [5.41, 5.74) is 6.42. The van der Waals surface area contributed by atoms with Gasteiger partial charge < -0.3 is 26.2 Å². The van der Waals surface area contributed by atoms with Gasteiger partial charge in [-0.25, -0.2) is 26.3 Å². The van der Waals surface area contributed by atoms with Gasteiger partial charge in [-0.05, 0) is 126 Å². The fraction of sp³-hybridized carbons (Fsp3) is 0.628. The summed E-state index contributed by atoms with van der Waals surface area (Å²) in [5.74, 6) is -6.67. The molecule has 0 radical (unpaired) electrons. The maximum absolute atomic E-state index is 14.4. The molecule has 9 atom stereocenters. The van der Waals surface area contributed by atoms with Crippen LogP contribution in [0.25, 0.3) is 0 Å². The van der Waals surface area contributed by atoms with Crippen molar-refractivity contribution in [3.05, 3.63) is 70.3 Å². The first kappa shape index (κ1) is 47.1. The number of amides is 4. The van der Waals surface area contributed by atoms with E-state index in [0.717, 1.165) is 37.8 Å². The van der Waals surface area contributed by atoms with Crippen LogP contribution in [0, 0.1) is 52.7 Å². The first-order valence-electron chi connectivity index (χ1n) is 20.6. The van der Waals surface area contributed by atoms with Crippen LogP contribution in [0.3, 0.4) is 0 Å². The smallest absolute Gasteiger partial charge is 0.242 e. The fourth-order valence-electron chi connectivity index (χ4n) is 9.52. The molecule has 2 aromatic rings. The third-order valence-electron chi connectivity index (χ3n) is 12.5. The summed E-state index contributed by atoms with van der Waals surface area (Å²) in [7, 11) is -1.21. The largest absolute Gasteiger partial charge is 0.347 e. The van der Waals surface area contributed by atoms with Crippen LogP contribution < -0.4 is 16.4 Å². The molecule has 6 rings (SSSR count). The molecule has 10 nitrogen and oxygen atoms in total. The molecule has 4 N–H and O–H groups in total. The summed E-state index contributed by atoms with van der Waals surface area (Å²) in [6.07, 6.45) is 6.46. The lowest BCUT2D eigenvalue weighted by Crippen LogP contribution is -2.52. The Morgan fingerprint density at radius 1 is 0.650 bits per heavy atom. The van der Waals surface area contributed by atoms with Gasteiger partial charge in [-0.3, -0.25) is 23.4 Å². The number of hydrogen-bond acceptors (Lipinski definition) is 6. The van der Waals surface area contributed by atoms with Crippen LogP contribution in [0.1, 0.15) is 97.1 Å². The standard InChI is InChI=1S/C24H33F3N2O3S.C19H24F3N3O2/c1-14(30)28-12-23(31)29-18-5-6-19(29)9-15(8-18)17(13-33(32)24(2,3)4)7-16-10-21(26)22(27)11-20(16)25;1-10(26)24-9-19(27)25-13-2-3-14(25)5-12(4-13)18(23)7-11-6-16(21)17(22)8-15(11)20/h10-11,15,17-19H,5-9,12-13H2,1-4H3,(H,28,30);6,8,12-14,18H,2-5,7,9,23H2,1H3,(H,24,26)/t15?,17-,18-,19+,33-;12?,13-,14+,18-/m10/s1. The Balaban J connectivity index is 0.000000232. The van der Waals surface area contributed by atoms with Crippen molar-refractivity contribution in [2.75, 3.05) is 18.8 Å². The lowest BCUT2D eigenvalue weighted by molar-refractivity contribution is -0.137. The highest BCUT2D eigenvalue weighted by molar-refractivity contribution is 7.86. The van der Waals surface area contributed by atoms with Crippen LogP contribution >= 0.6 is 0 Å². The van der Waals surface area contributed by atoms with Crippen LogP contribution in [-0.4, -0.2) is 91.4 Å². The van der Waals surface area contributed by atoms with Crippen molar-refractivity contribution in [2.45, 2.75) is 134 Å². The van der Waals surface area contributed by atoms with Crippen LogP contribution in [0.2, 0.25) is 0 Å². The van der Waals surface area contributed by atoms with Crippen molar-refractivity contribution in [1.29, 1.82) is 0 Å². The summed E-state index contributed by atoms with van der Waals surface area (Å²) in [4.78, 5) is 51.0. The molecule has 60 heavy (non-hydrogen) atoms. The zero-order valence-corrected chi connectivity index (χ0v) is 35.6. The molecule has 4 aliphatic heterocycles. The number of rotatable bonds is 12. The topological polar surface area (TPSA) is 142 Å². The third kappa shape index (κ3) is 11.7. The number of nitrogens with two attached hydrogens (primary N) is 1. The molecule has 0 aliphatic carbocycles. The van der Waals surface area contributed by atoms with E-state index in [0.29, 0.717) is 43.6 Å². The second kappa shape index (κ2) is 19.8. The molecule has 4 aliphatic rings. The molecule has 0 saturated carbocycles. The maximum Gasteiger partial charge on any atom is 0.242 e. The van der Waals surface area contributed by atoms with Gasteiger partial charge in [0.1, 0.15) is 11.6 Å². The number of nitrogens with one attached hydrogen (secondary N) is 2. The highest BCUT2D eigenvalue weighted by atomic mass is 32.2. The maximum atomic E-state index is 14.4. The second-order valence-electron chi connectivity index (χ2n) is 17.8. The van der Waals surface area contributed by atoms with Crippen LogP contribution in [0.4, 0.5) is 26.3 Å². The third-order valence-corrected chi connectivity index (χ3v) is 14.6. The van der Waals surface area contributed by atoms with Gasteiger partial charge in [0.25, 0.3) is 0 Å². The summed E-state index contributed by atoms with van der Waals surface area (Å²) >= 11 is 0. The van der Waals surface area contributed by atoms with E-state index in [9.17, 15) is 49.7 Å². The lowest BCUT2D eigenvalue weighted by atomic mass is 9.78. The molecular formula is C43H57F6N5O5S. The van der Waals surface area contributed by atoms with E-state index < -0.39 is 56.5 Å². The van der Waals surface area contributed by atoms with Gasteiger partial charge in [0.2, 0.25) is 23.6 Å². The number of nitrogens with zero attached hydrogens (tertiary/aromatic N) is 2. The predicted molar refractivity (Wildman–Crippen MR) is 214 cm³/mol. The molecule has 4 bridgehead atoms. The molecule has 4 amide bonds. The van der Waals surface area contributed by atoms with Gasteiger partial charge in [-0.15, -0.1) is 0 Å². The number of hydrogen-bond donors (Lipinski definition) is 3. The first-order chi connectivity index (χ1) is 28.1. The average molecular weight is 870 g/mol. The second-order valence-corrected chi connectivity index (χ2v) is 20.1. The highest BCUT2D eigenvalue weighted by Gasteiger charge is 2.46. The van der Waals surface area contributed by atoms with E-state index in [-0.39, 0.29) is 103 Å². The molecular weight excluding hydrogens is 813 g/mol. The monoisotopic (exact) mass is 869 g/mol. The Bertz CT molecular complexity index is 1920. The Labute approximate surface area is 350 Å². The van der Waals surface area contributed by atoms with Crippen molar-refractivity contribution in [3.8, 4) is 0 Å². The van der Waals surface area contributed by atoms with Crippen molar-refractivity contribution >= 4 is 34.4 Å². The van der Waals surface area contributed by atoms with E-state index >= 15 is 0 Å². The summed E-state index contributed by atoms with van der Waals surface area (Å²) in [6, 6.07) is 2.60. The van der Waals surface area contributed by atoms with Crippen LogP contribution in [0.5, 0.6) is 0 Å². The van der Waals surface area contributed by atoms with Gasteiger partial charge in [0.05, 0.1) is 13.1 Å². The van der Waals surface area contributed by atoms with Gasteiger partial charge in [0, 0.05) is 77.5 Å². The van der Waals surface area contributed by atoms with E-state index in [2.05, 4.69) is 10.6 Å². The number of piperidine rings is 2. The van der Waals surface area contributed by atoms with Gasteiger partial charge in [-0.1, -0.05) is 0 Å². The van der Waals surface area contributed by atoms with Gasteiger partial charge in [-0.2, -0.15) is 0 Å². The summed E-state index contributed by atoms with van der Waals surface area (Å²) < 4.78 is 94.6. The lowest BCUT2D eigenvalue weighted by Gasteiger charge is -2.42. The zero-order valence-electron chi connectivity index (χ0n) is 34.8. The van der Waals surface area contributed by atoms with E-state index in [1.165, 1.54) is 13.8 Å². The number of halogens is 6. The molecule has 0 aromatic heterocycles. The number of benzene rings is 2. The zero-order chi connectivity index (χ0) is 44.2. The van der Waals surface area contributed by atoms with Crippen molar-refractivity contribution in [1.82, 2.24) is 20.4 Å². The molecule has 2 aromatic carbocycles. The molecule has 4 saturated heterocycles. The predicted octanol–water partition coefficient (Wildman–Crippen LogP) is 5.59. The van der Waals surface area contributed by atoms with Crippen LogP contribution in [0.15, 0.2) is 24.3 Å². The van der Waals surface area contributed by atoms with Crippen molar-refractivity contribution < 1.29 is 49.7 Å². The van der Waals surface area contributed by atoms with Crippen molar-refractivity contribution in [3.63, 3.8) is 0 Å². The highest BCUT2D eigenvalue weighted by Crippen LogP contribution is 2.43. The van der Waals surface area contributed by atoms with Crippen LogP contribution in [-0.2, 0) is 42.8 Å². The molecule has 332 valence electrons. The fourth-order valence-corrected chi connectivity index (χ4v) is 10.8. The van der Waals surface area contributed by atoms with Gasteiger partial charge in [0.15, 0.2) is 23.3 Å². The van der Waals surface area contributed by atoms with E-state index in [4.69, 9.17) is 5.73 Å². The first-order valence-corrected chi connectivity index (χ1v) is 22.0. The summed E-state index contributed by atoms with van der Waals surface area (Å²) in [6.45, 7) is 8.32. The molecule has 4 heterocycles. The normalized spacial score (nSPS) is 24.9. The Morgan fingerprint density at radius 3 is 1.40 bits per heavy atom. The Kier molecular flexibility index (Phi) is 15.5. The van der Waals surface area contributed by atoms with E-state index in [1.807, 2.05) is 30.6 Å². The quantitative estimate of drug-likeness (QED) is 0.188. The average Bonchev–Trinajstić information content (AvgIpc) is 3.59. The van der Waals surface area contributed by atoms with Crippen molar-refractivity contribution in [2.24, 2.45) is 23.5 Å². The molecule has 2 unspecified atom stereocenters. The minimum absolute atomic E-state index is 0.00961. The molecule has 17 heteroatoms. The van der Waals surface area contributed by atoms with E-state index in [1.54, 1.807) is 0 Å². The minimum Gasteiger partial charge on any atom is -0.347 e. The Hall–Kier alpha value is -3.99. The molecule has 4 fully saturated rings. The molecule has 0 spiro atoms. The number of fused-ring (bicyclic) bond motifs is 4. The number of carbonyl (C=O) groups is 4. The van der Waals surface area contributed by atoms with Gasteiger partial charge >= 0.3 is 0 Å². The Morgan fingerprint density at radius 2 is 1.02 bits per heavy atom. The minimum atomic E-state index is -1.23. The number of carbonyl (C=O) groups excluding carboxylic acids is 4. The summed E-state index contributed by atoms with van der Waals surface area (Å²) in [5, 5.41) is 5.09.